The second-order valence-electron chi connectivity index (χ2n) is 6.41. The second kappa shape index (κ2) is 7.97. The van der Waals surface area contributed by atoms with Crippen LogP contribution in [0.5, 0.6) is 0 Å². The lowest BCUT2D eigenvalue weighted by Crippen LogP contribution is -2.39. The summed E-state index contributed by atoms with van der Waals surface area (Å²) in [7, 11) is 0. The van der Waals surface area contributed by atoms with Crippen molar-refractivity contribution >= 4 is 6.09 Å². The molecule has 1 heterocycles. The van der Waals surface area contributed by atoms with Crippen LogP contribution >= 0.6 is 0 Å². The molecule has 4 nitrogen and oxygen atoms in total. The highest BCUT2D eigenvalue weighted by Gasteiger charge is 2.18. The molecule has 4 heteroatoms. The van der Waals surface area contributed by atoms with Crippen LogP contribution in [0.2, 0.25) is 0 Å². The summed E-state index contributed by atoms with van der Waals surface area (Å²) in [6.45, 7) is 4.44. The molecule has 1 unspecified atom stereocenters. The normalized spacial score (nSPS) is 15.4. The van der Waals surface area contributed by atoms with Gasteiger partial charge in [-0.15, -0.1) is 0 Å². The number of carbonyl (C=O) groups is 1. The summed E-state index contributed by atoms with van der Waals surface area (Å²) < 4.78 is 5.25. The number of nitrogens with one attached hydrogen (secondary N) is 2. The second-order valence-corrected chi connectivity index (χ2v) is 6.41. The molecular formula is C20H24N2O2. The first-order chi connectivity index (χ1) is 11.7. The van der Waals surface area contributed by atoms with Gasteiger partial charge in [-0.2, -0.15) is 0 Å². The van der Waals surface area contributed by atoms with Gasteiger partial charge in [0.25, 0.3) is 0 Å². The van der Waals surface area contributed by atoms with Crippen LogP contribution in [0.3, 0.4) is 0 Å². The molecule has 1 aliphatic rings. The van der Waals surface area contributed by atoms with Crippen LogP contribution in [0.1, 0.15) is 29.5 Å². The van der Waals surface area contributed by atoms with E-state index < -0.39 is 0 Å². The fraction of sp³-hybridized carbons (Fsp3) is 0.350. The summed E-state index contributed by atoms with van der Waals surface area (Å²) in [4.78, 5) is 11.9. The average molecular weight is 324 g/mol. The summed E-state index contributed by atoms with van der Waals surface area (Å²) in [6, 6.07) is 18.4. The summed E-state index contributed by atoms with van der Waals surface area (Å²) in [5.74, 6) is 0.655. The predicted octanol–water partition coefficient (Wildman–Crippen LogP) is 3.23. The third-order valence-corrected chi connectivity index (χ3v) is 4.35. The number of hydrogen-bond acceptors (Lipinski definition) is 3. The fourth-order valence-electron chi connectivity index (χ4n) is 2.82. The average Bonchev–Trinajstić information content (AvgIpc) is 2.54. The molecule has 2 N–H and O–H groups in total. The molecule has 1 atom stereocenters. The molecule has 0 saturated carbocycles. The first-order valence-electron chi connectivity index (χ1n) is 8.47. The summed E-state index contributed by atoms with van der Waals surface area (Å²) >= 11 is 0. The maximum atomic E-state index is 11.9. The van der Waals surface area contributed by atoms with E-state index in [1.165, 1.54) is 11.1 Å². The molecule has 24 heavy (non-hydrogen) atoms. The minimum atomic E-state index is -0.372. The molecule has 0 radical (unpaired) electrons. The number of ether oxygens (including phenoxy) is 1. The zero-order valence-corrected chi connectivity index (χ0v) is 14.0. The Morgan fingerprint density at radius 3 is 2.46 bits per heavy atom. The lowest BCUT2D eigenvalue weighted by Gasteiger charge is -2.27. The van der Waals surface area contributed by atoms with Gasteiger partial charge in [0.1, 0.15) is 6.61 Å². The molecule has 2 aromatic carbocycles. The van der Waals surface area contributed by atoms with Crippen LogP contribution in [0.15, 0.2) is 54.6 Å². The number of amides is 1. The highest BCUT2D eigenvalue weighted by Crippen LogP contribution is 2.20. The van der Waals surface area contributed by atoms with Gasteiger partial charge in [0.05, 0.1) is 0 Å². The first kappa shape index (κ1) is 16.5. The van der Waals surface area contributed by atoms with Crippen molar-refractivity contribution in [2.45, 2.75) is 31.9 Å². The van der Waals surface area contributed by atoms with Crippen molar-refractivity contribution < 1.29 is 9.53 Å². The van der Waals surface area contributed by atoms with E-state index in [0.717, 1.165) is 25.1 Å². The Kier molecular flexibility index (Phi) is 5.49. The van der Waals surface area contributed by atoms with Crippen LogP contribution in [0, 0.1) is 0 Å². The molecule has 0 aromatic heterocycles. The summed E-state index contributed by atoms with van der Waals surface area (Å²) in [5.41, 5.74) is 3.60. The zero-order chi connectivity index (χ0) is 16.8. The highest BCUT2D eigenvalue weighted by molar-refractivity contribution is 5.67. The van der Waals surface area contributed by atoms with Crippen LogP contribution in [-0.4, -0.2) is 25.2 Å². The lowest BCUT2D eigenvalue weighted by atomic mass is 9.92. The predicted molar refractivity (Wildman–Crippen MR) is 95.0 cm³/mol. The fourth-order valence-corrected chi connectivity index (χ4v) is 2.82. The van der Waals surface area contributed by atoms with Gasteiger partial charge < -0.3 is 15.4 Å². The summed E-state index contributed by atoms with van der Waals surface area (Å²) in [5, 5.41) is 6.18. The van der Waals surface area contributed by atoms with Crippen LogP contribution < -0.4 is 10.6 Å². The Balaban J connectivity index is 1.42. The van der Waals surface area contributed by atoms with Crippen molar-refractivity contribution in [3.8, 4) is 0 Å². The van der Waals surface area contributed by atoms with E-state index in [1.54, 1.807) is 0 Å². The van der Waals surface area contributed by atoms with Gasteiger partial charge in [-0.25, -0.2) is 4.79 Å². The molecule has 0 aliphatic carbocycles. The standard InChI is InChI=1S/C20H24N2O2/c1-15(22-20(23)24-14-17-5-3-2-4-6-17)11-16-7-9-18(10-8-16)19-12-21-13-19/h2-10,15,19,21H,11-14H2,1H3,(H,22,23). The van der Waals surface area contributed by atoms with Crippen molar-refractivity contribution in [3.63, 3.8) is 0 Å². The van der Waals surface area contributed by atoms with E-state index in [2.05, 4.69) is 34.9 Å². The molecular weight excluding hydrogens is 300 g/mol. The van der Waals surface area contributed by atoms with Gasteiger partial charge in [-0.1, -0.05) is 54.6 Å². The maximum absolute atomic E-state index is 11.9. The third-order valence-electron chi connectivity index (χ3n) is 4.35. The number of carbonyl (C=O) groups excluding carboxylic acids is 1. The SMILES string of the molecule is CC(Cc1ccc(C2CNC2)cc1)NC(=O)OCc1ccccc1. The van der Waals surface area contributed by atoms with Crippen LogP contribution in [0.4, 0.5) is 4.79 Å². The largest absolute Gasteiger partial charge is 0.445 e. The van der Waals surface area contributed by atoms with E-state index in [1.807, 2.05) is 37.3 Å². The smallest absolute Gasteiger partial charge is 0.407 e. The Morgan fingerprint density at radius 1 is 1.12 bits per heavy atom. The monoisotopic (exact) mass is 324 g/mol. The number of alkyl carbamates (subject to hydrolysis) is 1. The third kappa shape index (κ3) is 4.59. The van der Waals surface area contributed by atoms with Crippen LogP contribution in [0.25, 0.3) is 0 Å². The van der Waals surface area contributed by atoms with Gasteiger partial charge in [0.15, 0.2) is 0 Å². The molecule has 1 saturated heterocycles. The van der Waals surface area contributed by atoms with Gasteiger partial charge >= 0.3 is 6.09 Å². The minimum absolute atomic E-state index is 0.0319. The quantitative estimate of drug-likeness (QED) is 0.858. The van der Waals surface area contributed by atoms with E-state index in [0.29, 0.717) is 12.5 Å². The molecule has 1 aliphatic heterocycles. The van der Waals surface area contributed by atoms with Crippen molar-refractivity contribution in [3.05, 3.63) is 71.3 Å². The van der Waals surface area contributed by atoms with Gasteiger partial charge in [-0.05, 0) is 30.0 Å². The highest BCUT2D eigenvalue weighted by atomic mass is 16.5. The molecule has 0 spiro atoms. The van der Waals surface area contributed by atoms with Crippen molar-refractivity contribution in [2.24, 2.45) is 0 Å². The van der Waals surface area contributed by atoms with E-state index in [9.17, 15) is 4.79 Å². The number of rotatable bonds is 6. The molecule has 126 valence electrons. The summed E-state index contributed by atoms with van der Waals surface area (Å²) in [6.07, 6.45) is 0.424. The van der Waals surface area contributed by atoms with E-state index in [4.69, 9.17) is 4.74 Å². The van der Waals surface area contributed by atoms with Gasteiger partial charge in [-0.3, -0.25) is 0 Å². The van der Waals surface area contributed by atoms with Gasteiger partial charge in [0, 0.05) is 25.0 Å². The number of benzene rings is 2. The number of hydrogen-bond donors (Lipinski definition) is 2. The molecule has 1 amide bonds. The Bertz CT molecular complexity index is 651. The van der Waals surface area contributed by atoms with E-state index >= 15 is 0 Å². The molecule has 0 bridgehead atoms. The molecule has 1 fully saturated rings. The lowest BCUT2D eigenvalue weighted by molar-refractivity contribution is 0.136. The molecule has 3 rings (SSSR count). The topological polar surface area (TPSA) is 50.4 Å². The Hall–Kier alpha value is -2.33. The molecule has 2 aromatic rings. The Morgan fingerprint density at radius 2 is 1.83 bits per heavy atom. The Labute approximate surface area is 143 Å². The van der Waals surface area contributed by atoms with Crippen molar-refractivity contribution in [1.29, 1.82) is 0 Å². The van der Waals surface area contributed by atoms with Crippen molar-refractivity contribution in [1.82, 2.24) is 10.6 Å². The maximum Gasteiger partial charge on any atom is 0.407 e. The van der Waals surface area contributed by atoms with Crippen LogP contribution in [-0.2, 0) is 17.8 Å². The van der Waals surface area contributed by atoms with Crippen molar-refractivity contribution in [2.75, 3.05) is 13.1 Å². The zero-order valence-electron chi connectivity index (χ0n) is 14.0. The minimum Gasteiger partial charge on any atom is -0.445 e. The van der Waals surface area contributed by atoms with Gasteiger partial charge in [0.2, 0.25) is 0 Å². The van der Waals surface area contributed by atoms with E-state index in [-0.39, 0.29) is 12.1 Å². The first-order valence-corrected chi connectivity index (χ1v) is 8.47.